The monoisotopic (exact) mass is 429 g/mol. The molecule has 0 aliphatic heterocycles. The molecule has 1 heterocycles. The lowest BCUT2D eigenvalue weighted by Gasteiger charge is -2.68. The van der Waals surface area contributed by atoms with Gasteiger partial charge in [-0.15, -0.1) is 23.4 Å². The van der Waals surface area contributed by atoms with Crippen LogP contribution in [-0.2, 0) is 19.7 Å². The van der Waals surface area contributed by atoms with Gasteiger partial charge in [0.05, 0.1) is 18.1 Å². The Morgan fingerprint density at radius 2 is 1.90 bits per heavy atom. The van der Waals surface area contributed by atoms with Gasteiger partial charge in [-0.05, 0) is 56.8 Å². The molecule has 5 saturated carbocycles. The fourth-order valence-corrected chi connectivity index (χ4v) is 5.54. The van der Waals surface area contributed by atoms with Gasteiger partial charge in [0, 0.05) is 11.5 Å². The normalized spacial score (nSPS) is 39.3. The second-order valence-electron chi connectivity index (χ2n) is 9.89. The highest BCUT2D eigenvalue weighted by Gasteiger charge is 2.71. The van der Waals surface area contributed by atoms with E-state index in [0.29, 0.717) is 30.5 Å². The van der Waals surface area contributed by atoms with Crippen LogP contribution in [0.25, 0.3) is 0 Å². The lowest BCUT2D eigenvalue weighted by molar-refractivity contribution is -0.330. The maximum absolute atomic E-state index is 12.2. The van der Waals surface area contributed by atoms with Gasteiger partial charge in [-0.25, -0.2) is 0 Å². The zero-order chi connectivity index (χ0) is 21.1. The highest BCUT2D eigenvalue weighted by atomic mass is 19.4. The topological polar surface area (TPSA) is 86.5 Å². The number of carbonyl (C=O) groups excluding carboxylic acids is 1. The molecule has 5 aliphatic carbocycles. The van der Waals surface area contributed by atoms with Crippen molar-refractivity contribution in [2.75, 3.05) is 13.2 Å². The summed E-state index contributed by atoms with van der Waals surface area (Å²) >= 11 is 0. The number of aromatic nitrogens is 2. The van der Waals surface area contributed by atoms with Crippen LogP contribution in [0.2, 0.25) is 0 Å². The average molecular weight is 429 g/mol. The SMILES string of the molecule is CC1CC(OCC(=O)NC23CC(c4nnc(C5CC(COC(F)(F)F)C5)o4)(C2)C3)C1. The first-order valence-corrected chi connectivity index (χ1v) is 10.6. The number of halogens is 3. The predicted molar refractivity (Wildman–Crippen MR) is 96.3 cm³/mol. The molecule has 0 saturated heterocycles. The van der Waals surface area contributed by atoms with Crippen LogP contribution >= 0.6 is 0 Å². The number of ether oxygens (including phenoxy) is 2. The fraction of sp³-hybridized carbons (Fsp3) is 0.850. The van der Waals surface area contributed by atoms with E-state index in [9.17, 15) is 18.0 Å². The summed E-state index contributed by atoms with van der Waals surface area (Å²) < 4.78 is 51.7. The van der Waals surface area contributed by atoms with Gasteiger partial charge >= 0.3 is 6.36 Å². The summed E-state index contributed by atoms with van der Waals surface area (Å²) in [5, 5.41) is 11.4. The van der Waals surface area contributed by atoms with Crippen LogP contribution in [-0.4, -0.2) is 47.3 Å². The van der Waals surface area contributed by atoms with Crippen LogP contribution in [0.4, 0.5) is 13.2 Å². The van der Waals surface area contributed by atoms with Gasteiger partial charge in [0.25, 0.3) is 0 Å². The average Bonchev–Trinajstić information content (AvgIpc) is 2.99. The molecular formula is C20H26F3N3O4. The van der Waals surface area contributed by atoms with E-state index in [1.807, 2.05) is 0 Å². The van der Waals surface area contributed by atoms with Crippen molar-refractivity contribution in [3.05, 3.63) is 11.8 Å². The summed E-state index contributed by atoms with van der Waals surface area (Å²) in [5.41, 5.74) is -0.343. The van der Waals surface area contributed by atoms with Crippen molar-refractivity contribution in [2.24, 2.45) is 11.8 Å². The van der Waals surface area contributed by atoms with Crippen LogP contribution in [0.3, 0.4) is 0 Å². The molecule has 1 amide bonds. The summed E-state index contributed by atoms with van der Waals surface area (Å²) in [7, 11) is 0. The molecule has 30 heavy (non-hydrogen) atoms. The Morgan fingerprint density at radius 3 is 2.53 bits per heavy atom. The van der Waals surface area contributed by atoms with Crippen LogP contribution in [0.5, 0.6) is 0 Å². The van der Waals surface area contributed by atoms with E-state index >= 15 is 0 Å². The van der Waals surface area contributed by atoms with Gasteiger partial charge in [0.1, 0.15) is 6.61 Å². The molecule has 0 unspecified atom stereocenters. The maximum Gasteiger partial charge on any atom is 0.522 e. The molecule has 1 aromatic heterocycles. The molecule has 166 valence electrons. The second-order valence-corrected chi connectivity index (χ2v) is 9.89. The Morgan fingerprint density at radius 1 is 1.20 bits per heavy atom. The summed E-state index contributed by atoms with van der Waals surface area (Å²) in [6.07, 6.45) is 1.14. The number of alkyl halides is 3. The molecule has 2 bridgehead atoms. The van der Waals surface area contributed by atoms with E-state index in [0.717, 1.165) is 32.1 Å². The molecule has 7 nitrogen and oxygen atoms in total. The number of hydrogen-bond donors (Lipinski definition) is 1. The lowest BCUT2D eigenvalue weighted by Crippen LogP contribution is -2.77. The van der Waals surface area contributed by atoms with Crippen molar-refractivity contribution in [1.29, 1.82) is 0 Å². The third kappa shape index (κ3) is 3.72. The Hall–Kier alpha value is -1.68. The molecule has 0 aromatic carbocycles. The minimum absolute atomic E-state index is 0.000435. The van der Waals surface area contributed by atoms with E-state index in [1.54, 1.807) is 0 Å². The van der Waals surface area contributed by atoms with E-state index < -0.39 is 6.36 Å². The summed E-state index contributed by atoms with van der Waals surface area (Å²) in [5.74, 6) is 1.57. The predicted octanol–water partition coefficient (Wildman–Crippen LogP) is 3.21. The molecule has 0 radical (unpaired) electrons. The first-order chi connectivity index (χ1) is 14.1. The Bertz CT molecular complexity index is 795. The van der Waals surface area contributed by atoms with Crippen LogP contribution in [0.1, 0.15) is 69.6 Å². The van der Waals surface area contributed by atoms with Crippen LogP contribution in [0, 0.1) is 11.8 Å². The van der Waals surface area contributed by atoms with Crippen LogP contribution < -0.4 is 5.32 Å². The van der Waals surface area contributed by atoms with Crippen molar-refractivity contribution >= 4 is 5.91 Å². The first kappa shape index (κ1) is 20.2. The van der Waals surface area contributed by atoms with E-state index in [1.165, 1.54) is 0 Å². The Balaban J connectivity index is 1.05. The van der Waals surface area contributed by atoms with Gasteiger partial charge in [-0.2, -0.15) is 0 Å². The number of rotatable bonds is 8. The third-order valence-corrected chi connectivity index (χ3v) is 7.18. The summed E-state index contributed by atoms with van der Waals surface area (Å²) in [6, 6.07) is 0. The zero-order valence-electron chi connectivity index (χ0n) is 16.8. The maximum atomic E-state index is 12.2. The van der Waals surface area contributed by atoms with Crippen molar-refractivity contribution in [2.45, 2.75) is 81.2 Å². The van der Waals surface area contributed by atoms with Crippen LogP contribution in [0.15, 0.2) is 4.42 Å². The van der Waals surface area contributed by atoms with E-state index in [-0.39, 0.29) is 48.0 Å². The number of nitrogens with zero attached hydrogens (tertiary/aromatic N) is 2. The lowest BCUT2D eigenvalue weighted by atomic mass is 9.39. The van der Waals surface area contributed by atoms with Gasteiger partial charge in [-0.3, -0.25) is 9.53 Å². The Labute approximate surface area is 172 Å². The molecule has 0 spiro atoms. The van der Waals surface area contributed by atoms with Gasteiger partial charge in [0.15, 0.2) is 0 Å². The minimum Gasteiger partial charge on any atom is -0.424 e. The molecular weight excluding hydrogens is 403 g/mol. The molecule has 0 atom stereocenters. The zero-order valence-corrected chi connectivity index (χ0v) is 16.8. The highest BCUT2D eigenvalue weighted by Crippen LogP contribution is 2.67. The highest BCUT2D eigenvalue weighted by molar-refractivity contribution is 5.79. The van der Waals surface area contributed by atoms with Gasteiger partial charge in [0.2, 0.25) is 17.7 Å². The van der Waals surface area contributed by atoms with Crippen molar-refractivity contribution in [3.63, 3.8) is 0 Å². The van der Waals surface area contributed by atoms with Crippen molar-refractivity contribution in [3.8, 4) is 0 Å². The number of hydrogen-bond acceptors (Lipinski definition) is 6. The quantitative estimate of drug-likeness (QED) is 0.683. The standard InChI is InChI=1S/C20H26F3N3O4/c1-11-2-14(3-11)28-7-15(27)24-19-8-18(9-19,10-19)17-26-25-16(30-17)13-4-12(5-13)6-29-20(21,22)23/h11-14H,2-10H2,1H3,(H,24,27). The van der Waals surface area contributed by atoms with E-state index in [2.05, 4.69) is 27.2 Å². The minimum atomic E-state index is -4.58. The molecule has 5 aliphatic rings. The molecule has 10 heteroatoms. The number of amides is 1. The largest absolute Gasteiger partial charge is 0.522 e. The fourth-order valence-electron chi connectivity index (χ4n) is 5.54. The van der Waals surface area contributed by atoms with Crippen molar-refractivity contribution in [1.82, 2.24) is 15.5 Å². The number of nitrogens with one attached hydrogen (secondary N) is 1. The van der Waals surface area contributed by atoms with Gasteiger partial charge in [-0.1, -0.05) is 6.92 Å². The summed E-state index contributed by atoms with van der Waals surface area (Å²) in [6.45, 7) is 1.96. The van der Waals surface area contributed by atoms with E-state index in [4.69, 9.17) is 9.15 Å². The Kier molecular flexibility index (Phi) is 4.66. The molecule has 1 aromatic rings. The van der Waals surface area contributed by atoms with Crippen molar-refractivity contribution < 1.29 is 31.9 Å². The summed E-state index contributed by atoms with van der Waals surface area (Å²) in [4.78, 5) is 12.2. The molecule has 5 fully saturated rings. The second kappa shape index (κ2) is 6.91. The number of carbonyl (C=O) groups is 1. The molecule has 1 N–H and O–H groups in total. The molecule has 6 rings (SSSR count). The third-order valence-electron chi connectivity index (χ3n) is 7.18. The van der Waals surface area contributed by atoms with Gasteiger partial charge < -0.3 is 14.5 Å². The first-order valence-electron chi connectivity index (χ1n) is 10.6. The smallest absolute Gasteiger partial charge is 0.424 e.